The fraction of sp³-hybridized carbons (Fsp3) is 0.235. The summed E-state index contributed by atoms with van der Waals surface area (Å²) >= 11 is 0. The van der Waals surface area contributed by atoms with Crippen LogP contribution in [-0.4, -0.2) is 20.1 Å². The Hall–Kier alpha value is -2.49. The lowest BCUT2D eigenvalue weighted by Gasteiger charge is -2.10. The highest BCUT2D eigenvalue weighted by Gasteiger charge is 2.12. The SMILES string of the molecule is Cc1ccnc2c(-c3cnc(C(C)C)c(O)c3)ccnc12. The summed E-state index contributed by atoms with van der Waals surface area (Å²) in [5.41, 5.74) is 5.28. The average molecular weight is 279 g/mol. The van der Waals surface area contributed by atoms with E-state index in [1.807, 2.05) is 32.9 Å². The number of aromatic nitrogens is 3. The Bertz CT molecular complexity index is 812. The average Bonchev–Trinajstić information content (AvgIpc) is 2.46. The molecule has 0 unspecified atom stereocenters. The molecule has 0 saturated heterocycles. The number of fused-ring (bicyclic) bond motifs is 1. The van der Waals surface area contributed by atoms with Gasteiger partial charge in [-0.15, -0.1) is 0 Å². The van der Waals surface area contributed by atoms with E-state index >= 15 is 0 Å². The first-order valence-electron chi connectivity index (χ1n) is 6.97. The highest BCUT2D eigenvalue weighted by atomic mass is 16.3. The zero-order valence-electron chi connectivity index (χ0n) is 12.3. The summed E-state index contributed by atoms with van der Waals surface area (Å²) in [5.74, 6) is 0.411. The second-order valence-corrected chi connectivity index (χ2v) is 5.47. The van der Waals surface area contributed by atoms with Gasteiger partial charge >= 0.3 is 0 Å². The molecule has 3 aromatic rings. The van der Waals surface area contributed by atoms with Gasteiger partial charge < -0.3 is 5.11 Å². The number of nitrogens with zero attached hydrogens (tertiary/aromatic N) is 3. The predicted molar refractivity (Wildman–Crippen MR) is 83.3 cm³/mol. The molecule has 21 heavy (non-hydrogen) atoms. The Morgan fingerprint density at radius 2 is 1.71 bits per heavy atom. The van der Waals surface area contributed by atoms with Crippen LogP contribution < -0.4 is 0 Å². The van der Waals surface area contributed by atoms with Crippen molar-refractivity contribution in [3.63, 3.8) is 0 Å². The lowest BCUT2D eigenvalue weighted by atomic mass is 10.0. The Kier molecular flexibility index (Phi) is 3.29. The lowest BCUT2D eigenvalue weighted by molar-refractivity contribution is 0.460. The van der Waals surface area contributed by atoms with Gasteiger partial charge in [-0.25, -0.2) is 0 Å². The molecule has 0 radical (unpaired) electrons. The van der Waals surface area contributed by atoms with E-state index in [9.17, 15) is 5.11 Å². The van der Waals surface area contributed by atoms with Crippen molar-refractivity contribution in [3.8, 4) is 16.9 Å². The maximum absolute atomic E-state index is 10.2. The molecule has 106 valence electrons. The zero-order chi connectivity index (χ0) is 15.0. The van der Waals surface area contributed by atoms with E-state index in [-0.39, 0.29) is 11.7 Å². The maximum Gasteiger partial charge on any atom is 0.137 e. The van der Waals surface area contributed by atoms with Crippen molar-refractivity contribution in [2.75, 3.05) is 0 Å². The van der Waals surface area contributed by atoms with Gasteiger partial charge in [0, 0.05) is 29.7 Å². The zero-order valence-corrected chi connectivity index (χ0v) is 12.3. The summed E-state index contributed by atoms with van der Waals surface area (Å²) < 4.78 is 0. The van der Waals surface area contributed by atoms with Gasteiger partial charge in [-0.05, 0) is 36.6 Å². The molecule has 0 bridgehead atoms. The standard InChI is InChI=1S/C17H17N3O/c1-10(2)15-14(21)8-12(9-20-15)13-5-7-18-16-11(3)4-6-19-17(13)16/h4-10,21H,1-3H3. The molecule has 0 atom stereocenters. The van der Waals surface area contributed by atoms with Gasteiger partial charge in [0.25, 0.3) is 0 Å². The summed E-state index contributed by atoms with van der Waals surface area (Å²) in [6, 6.07) is 5.60. The van der Waals surface area contributed by atoms with Crippen LogP contribution >= 0.6 is 0 Å². The number of pyridine rings is 3. The molecule has 4 nitrogen and oxygen atoms in total. The van der Waals surface area contributed by atoms with Crippen LogP contribution in [0.25, 0.3) is 22.2 Å². The molecular formula is C17H17N3O. The van der Waals surface area contributed by atoms with E-state index in [1.54, 1.807) is 24.7 Å². The summed E-state index contributed by atoms with van der Waals surface area (Å²) in [6.45, 7) is 6.03. The molecular weight excluding hydrogens is 262 g/mol. The van der Waals surface area contributed by atoms with E-state index in [4.69, 9.17) is 0 Å². The van der Waals surface area contributed by atoms with Gasteiger partial charge in [0.1, 0.15) is 5.75 Å². The van der Waals surface area contributed by atoms with Crippen molar-refractivity contribution in [1.29, 1.82) is 0 Å². The van der Waals surface area contributed by atoms with Crippen LogP contribution in [0, 0.1) is 6.92 Å². The Morgan fingerprint density at radius 1 is 1.00 bits per heavy atom. The molecule has 0 aliphatic heterocycles. The van der Waals surface area contributed by atoms with E-state index in [0.717, 1.165) is 27.7 Å². The first kappa shape index (κ1) is 13.5. The van der Waals surface area contributed by atoms with Crippen LogP contribution in [0.3, 0.4) is 0 Å². The summed E-state index contributed by atoms with van der Waals surface area (Å²) in [6.07, 6.45) is 5.33. The molecule has 3 aromatic heterocycles. The number of hydrogen-bond acceptors (Lipinski definition) is 4. The number of aromatic hydroxyl groups is 1. The first-order chi connectivity index (χ1) is 10.1. The second kappa shape index (κ2) is 5.13. The van der Waals surface area contributed by atoms with Crippen molar-refractivity contribution in [2.45, 2.75) is 26.7 Å². The minimum Gasteiger partial charge on any atom is -0.506 e. The molecule has 0 aliphatic carbocycles. The van der Waals surface area contributed by atoms with Crippen molar-refractivity contribution in [1.82, 2.24) is 15.0 Å². The van der Waals surface area contributed by atoms with Gasteiger partial charge in [-0.3, -0.25) is 15.0 Å². The van der Waals surface area contributed by atoms with Crippen molar-refractivity contribution < 1.29 is 5.11 Å². The van der Waals surface area contributed by atoms with Gasteiger partial charge in [0.2, 0.25) is 0 Å². The quantitative estimate of drug-likeness (QED) is 0.774. The predicted octanol–water partition coefficient (Wildman–Crippen LogP) is 3.83. The van der Waals surface area contributed by atoms with Crippen molar-refractivity contribution in [2.24, 2.45) is 0 Å². The van der Waals surface area contributed by atoms with Crippen LogP contribution in [0.2, 0.25) is 0 Å². The maximum atomic E-state index is 10.2. The summed E-state index contributed by atoms with van der Waals surface area (Å²) in [4.78, 5) is 13.2. The highest BCUT2D eigenvalue weighted by Crippen LogP contribution is 2.31. The molecule has 0 saturated carbocycles. The summed E-state index contributed by atoms with van der Waals surface area (Å²) in [7, 11) is 0. The number of rotatable bonds is 2. The minimum atomic E-state index is 0.189. The Balaban J connectivity index is 2.22. The van der Waals surface area contributed by atoms with Crippen LogP contribution in [0.1, 0.15) is 31.0 Å². The fourth-order valence-electron chi connectivity index (χ4n) is 2.46. The first-order valence-corrected chi connectivity index (χ1v) is 6.97. The fourth-order valence-corrected chi connectivity index (χ4v) is 2.46. The Labute approximate surface area is 123 Å². The highest BCUT2D eigenvalue weighted by molar-refractivity contribution is 5.92. The van der Waals surface area contributed by atoms with Crippen LogP contribution in [-0.2, 0) is 0 Å². The van der Waals surface area contributed by atoms with E-state index in [0.29, 0.717) is 5.69 Å². The molecule has 0 amide bonds. The largest absolute Gasteiger partial charge is 0.506 e. The molecule has 0 spiro atoms. The molecule has 1 N–H and O–H groups in total. The van der Waals surface area contributed by atoms with Crippen molar-refractivity contribution in [3.05, 3.63) is 48.0 Å². The molecule has 0 fully saturated rings. The smallest absolute Gasteiger partial charge is 0.137 e. The van der Waals surface area contributed by atoms with Crippen LogP contribution in [0.4, 0.5) is 0 Å². The van der Waals surface area contributed by atoms with Gasteiger partial charge in [-0.2, -0.15) is 0 Å². The summed E-state index contributed by atoms with van der Waals surface area (Å²) in [5, 5.41) is 10.2. The molecule has 4 heteroatoms. The molecule has 0 aromatic carbocycles. The van der Waals surface area contributed by atoms with Crippen LogP contribution in [0.5, 0.6) is 5.75 Å². The van der Waals surface area contributed by atoms with E-state index in [1.165, 1.54) is 0 Å². The Morgan fingerprint density at radius 3 is 2.43 bits per heavy atom. The third kappa shape index (κ3) is 2.33. The number of hydrogen-bond donors (Lipinski definition) is 1. The molecule has 0 aliphatic rings. The van der Waals surface area contributed by atoms with Gasteiger partial charge in [0.05, 0.1) is 16.7 Å². The third-order valence-electron chi connectivity index (χ3n) is 3.58. The normalized spacial score (nSPS) is 11.2. The minimum absolute atomic E-state index is 0.189. The van der Waals surface area contributed by atoms with E-state index < -0.39 is 0 Å². The topological polar surface area (TPSA) is 58.9 Å². The molecule has 3 heterocycles. The van der Waals surface area contributed by atoms with Gasteiger partial charge in [0.15, 0.2) is 0 Å². The van der Waals surface area contributed by atoms with Gasteiger partial charge in [-0.1, -0.05) is 13.8 Å². The lowest BCUT2D eigenvalue weighted by Crippen LogP contribution is -1.95. The van der Waals surface area contributed by atoms with Crippen molar-refractivity contribution >= 4 is 11.0 Å². The number of aryl methyl sites for hydroxylation is 1. The van der Waals surface area contributed by atoms with E-state index in [2.05, 4.69) is 15.0 Å². The monoisotopic (exact) mass is 279 g/mol. The molecule has 3 rings (SSSR count). The second-order valence-electron chi connectivity index (χ2n) is 5.47. The third-order valence-corrected chi connectivity index (χ3v) is 3.58. The van der Waals surface area contributed by atoms with Crippen LogP contribution in [0.15, 0.2) is 36.8 Å².